The van der Waals surface area contributed by atoms with Crippen LogP contribution < -0.4 is 10.5 Å². The molecule has 1 aromatic carbocycles. The Morgan fingerprint density at radius 3 is 2.63 bits per heavy atom. The number of halogens is 1. The average Bonchev–Trinajstić information content (AvgIpc) is 2.76. The van der Waals surface area contributed by atoms with Crippen molar-refractivity contribution in [1.82, 2.24) is 14.9 Å². The number of rotatable bonds is 4. The zero-order valence-electron chi connectivity index (χ0n) is 9.87. The fourth-order valence-electron chi connectivity index (χ4n) is 1.50. The summed E-state index contributed by atoms with van der Waals surface area (Å²) in [5, 5.41) is 7.60. The van der Waals surface area contributed by atoms with E-state index >= 15 is 0 Å². The van der Waals surface area contributed by atoms with Crippen LogP contribution in [-0.4, -0.2) is 18.6 Å². The summed E-state index contributed by atoms with van der Waals surface area (Å²) in [4.78, 5) is 0. The summed E-state index contributed by atoms with van der Waals surface area (Å²) in [5.41, 5.74) is 6.06. The maximum Gasteiger partial charge on any atom is 0.270 e. The van der Waals surface area contributed by atoms with E-state index in [0.717, 1.165) is 11.3 Å². The normalized spacial score (nSPS) is 13.4. The summed E-state index contributed by atoms with van der Waals surface area (Å²) < 4.78 is 26.4. The zero-order chi connectivity index (χ0) is 14.0. The van der Waals surface area contributed by atoms with Gasteiger partial charge in [-0.25, -0.2) is 13.1 Å². The van der Waals surface area contributed by atoms with E-state index in [-0.39, 0.29) is 9.47 Å². The number of nitrogens with two attached hydrogens (primary N) is 1. The van der Waals surface area contributed by atoms with Crippen LogP contribution in [-0.2, 0) is 10.0 Å². The van der Waals surface area contributed by atoms with Crippen LogP contribution in [0.5, 0.6) is 0 Å². The summed E-state index contributed by atoms with van der Waals surface area (Å²) in [6.45, 7) is 1.70. The number of aromatic nitrogens is 2. The predicted octanol–water partition coefficient (Wildman–Crippen LogP) is 1.81. The van der Waals surface area contributed by atoms with E-state index in [1.54, 1.807) is 31.2 Å². The molecule has 0 spiro atoms. The van der Waals surface area contributed by atoms with E-state index in [0.29, 0.717) is 10.6 Å². The minimum atomic E-state index is -3.75. The van der Waals surface area contributed by atoms with Gasteiger partial charge in [0, 0.05) is 11.1 Å². The van der Waals surface area contributed by atoms with Gasteiger partial charge in [0.1, 0.15) is 0 Å². The summed E-state index contributed by atoms with van der Waals surface area (Å²) in [7, 11) is -3.75. The lowest BCUT2D eigenvalue weighted by Gasteiger charge is -2.14. The van der Waals surface area contributed by atoms with E-state index < -0.39 is 16.1 Å². The van der Waals surface area contributed by atoms with Gasteiger partial charge in [0.2, 0.25) is 9.47 Å². The Morgan fingerprint density at radius 2 is 2.05 bits per heavy atom. The number of nitrogen functional groups attached to an aromatic ring is 1. The van der Waals surface area contributed by atoms with Gasteiger partial charge >= 0.3 is 0 Å². The number of anilines is 1. The van der Waals surface area contributed by atoms with Crippen LogP contribution in [0.1, 0.15) is 18.5 Å². The molecule has 0 radical (unpaired) electrons. The topological polar surface area (TPSA) is 98.0 Å². The van der Waals surface area contributed by atoms with Crippen LogP contribution in [0.2, 0.25) is 5.02 Å². The lowest BCUT2D eigenvalue weighted by Crippen LogP contribution is -2.27. The van der Waals surface area contributed by atoms with E-state index in [9.17, 15) is 8.42 Å². The van der Waals surface area contributed by atoms with E-state index in [4.69, 9.17) is 17.3 Å². The molecule has 6 nitrogen and oxygen atoms in total. The molecule has 0 aliphatic heterocycles. The van der Waals surface area contributed by atoms with Gasteiger partial charge in [-0.05, 0) is 18.6 Å². The molecule has 0 aliphatic rings. The fourth-order valence-corrected chi connectivity index (χ4v) is 3.82. The number of hydrogen-bond donors (Lipinski definition) is 2. The molecule has 9 heteroatoms. The molecule has 2 rings (SSSR count). The SMILES string of the molecule is CC(NS(=O)(=O)c1nnc(N)s1)c1ccccc1Cl. The van der Waals surface area contributed by atoms with Gasteiger partial charge in [-0.15, -0.1) is 10.2 Å². The Balaban J connectivity index is 2.24. The molecule has 0 bridgehead atoms. The van der Waals surface area contributed by atoms with Gasteiger partial charge in [0.25, 0.3) is 10.0 Å². The number of benzene rings is 1. The molecule has 0 aliphatic carbocycles. The summed E-state index contributed by atoms with van der Waals surface area (Å²) >= 11 is 6.83. The first kappa shape index (κ1) is 14.2. The number of nitrogens with zero attached hydrogens (tertiary/aromatic N) is 2. The second kappa shape index (κ2) is 5.41. The first-order valence-electron chi connectivity index (χ1n) is 5.26. The molecule has 2 aromatic rings. The summed E-state index contributed by atoms with van der Waals surface area (Å²) in [6, 6.07) is 6.53. The molecule has 1 atom stereocenters. The Labute approximate surface area is 119 Å². The molecular weight excluding hydrogens is 308 g/mol. The minimum absolute atomic E-state index is 0.103. The second-order valence-corrected chi connectivity index (χ2v) is 7.07. The van der Waals surface area contributed by atoms with Gasteiger partial charge < -0.3 is 5.73 Å². The van der Waals surface area contributed by atoms with Gasteiger partial charge in [-0.1, -0.05) is 41.1 Å². The maximum atomic E-state index is 12.0. The molecule has 1 unspecified atom stereocenters. The molecule has 1 heterocycles. The van der Waals surface area contributed by atoms with Crippen molar-refractivity contribution in [3.05, 3.63) is 34.9 Å². The lowest BCUT2D eigenvalue weighted by atomic mass is 10.1. The summed E-state index contributed by atoms with van der Waals surface area (Å²) in [5.74, 6) is 0. The highest BCUT2D eigenvalue weighted by Crippen LogP contribution is 2.25. The molecule has 0 saturated heterocycles. The van der Waals surface area contributed by atoms with Crippen LogP contribution in [0.4, 0.5) is 5.13 Å². The first-order chi connectivity index (χ1) is 8.90. The van der Waals surface area contributed by atoms with Crippen molar-refractivity contribution in [3.8, 4) is 0 Å². The minimum Gasteiger partial charge on any atom is -0.374 e. The largest absolute Gasteiger partial charge is 0.374 e. The predicted molar refractivity (Wildman–Crippen MR) is 74.5 cm³/mol. The molecular formula is C10H11ClN4O2S2. The third-order valence-electron chi connectivity index (χ3n) is 2.36. The van der Waals surface area contributed by atoms with Crippen LogP contribution in [0, 0.1) is 0 Å². The lowest BCUT2D eigenvalue weighted by molar-refractivity contribution is 0.565. The first-order valence-corrected chi connectivity index (χ1v) is 7.93. The van der Waals surface area contributed by atoms with Crippen LogP contribution >= 0.6 is 22.9 Å². The van der Waals surface area contributed by atoms with Crippen molar-refractivity contribution >= 4 is 38.1 Å². The smallest absolute Gasteiger partial charge is 0.270 e. The molecule has 0 amide bonds. The molecule has 0 saturated carbocycles. The molecule has 102 valence electrons. The molecule has 1 aromatic heterocycles. The van der Waals surface area contributed by atoms with Crippen molar-refractivity contribution in [2.75, 3.05) is 5.73 Å². The number of hydrogen-bond acceptors (Lipinski definition) is 6. The highest BCUT2D eigenvalue weighted by atomic mass is 35.5. The van der Waals surface area contributed by atoms with E-state index in [1.165, 1.54) is 0 Å². The van der Waals surface area contributed by atoms with E-state index in [1.807, 2.05) is 0 Å². The van der Waals surface area contributed by atoms with Crippen molar-refractivity contribution < 1.29 is 8.42 Å². The van der Waals surface area contributed by atoms with Crippen molar-refractivity contribution in [1.29, 1.82) is 0 Å². The average molecular weight is 319 g/mol. The van der Waals surface area contributed by atoms with Crippen LogP contribution in [0.15, 0.2) is 28.6 Å². The van der Waals surface area contributed by atoms with Crippen molar-refractivity contribution in [2.24, 2.45) is 0 Å². The van der Waals surface area contributed by atoms with E-state index in [2.05, 4.69) is 14.9 Å². The fraction of sp³-hybridized carbons (Fsp3) is 0.200. The van der Waals surface area contributed by atoms with Gasteiger partial charge in [0.05, 0.1) is 0 Å². The maximum absolute atomic E-state index is 12.0. The van der Waals surface area contributed by atoms with Crippen molar-refractivity contribution in [3.63, 3.8) is 0 Å². The van der Waals surface area contributed by atoms with Crippen LogP contribution in [0.3, 0.4) is 0 Å². The molecule has 19 heavy (non-hydrogen) atoms. The zero-order valence-corrected chi connectivity index (χ0v) is 12.3. The Kier molecular flexibility index (Phi) is 4.04. The Bertz CT molecular complexity index is 686. The highest BCUT2D eigenvalue weighted by Gasteiger charge is 2.23. The Hall–Kier alpha value is -1.22. The third kappa shape index (κ3) is 3.21. The van der Waals surface area contributed by atoms with Gasteiger partial charge in [-0.3, -0.25) is 0 Å². The van der Waals surface area contributed by atoms with Crippen molar-refractivity contribution in [2.45, 2.75) is 17.3 Å². The standard InChI is InChI=1S/C10H11ClN4O2S2/c1-6(7-4-2-3-5-8(7)11)15-19(16,17)10-14-13-9(12)18-10/h2-6,15H,1H3,(H2,12,13). The second-order valence-electron chi connectivity index (χ2n) is 3.77. The highest BCUT2D eigenvalue weighted by molar-refractivity contribution is 7.91. The number of nitrogens with one attached hydrogen (secondary N) is 1. The summed E-state index contributed by atoms with van der Waals surface area (Å²) in [6.07, 6.45) is 0. The van der Waals surface area contributed by atoms with Crippen LogP contribution in [0.25, 0.3) is 0 Å². The van der Waals surface area contributed by atoms with Gasteiger partial charge in [0.15, 0.2) is 0 Å². The molecule has 3 N–H and O–H groups in total. The number of sulfonamides is 1. The third-order valence-corrected chi connectivity index (χ3v) is 5.36. The molecule has 0 fully saturated rings. The Morgan fingerprint density at radius 1 is 1.37 bits per heavy atom. The monoisotopic (exact) mass is 318 g/mol. The quantitative estimate of drug-likeness (QED) is 0.896. The van der Waals surface area contributed by atoms with Gasteiger partial charge in [-0.2, -0.15) is 0 Å².